The summed E-state index contributed by atoms with van der Waals surface area (Å²) in [5, 5.41) is 8.89. The topological polar surface area (TPSA) is 62.2 Å². The number of hydrogen-bond acceptors (Lipinski definition) is 5. The van der Waals surface area contributed by atoms with Crippen molar-refractivity contribution < 1.29 is 19.4 Å². The lowest BCUT2D eigenvalue weighted by molar-refractivity contribution is -0.138. The smallest absolute Gasteiger partial charge is 0.317 e. The van der Waals surface area contributed by atoms with Gasteiger partial charge in [-0.1, -0.05) is 0 Å². The van der Waals surface area contributed by atoms with Crippen molar-refractivity contribution in [1.82, 2.24) is 9.80 Å². The summed E-state index contributed by atoms with van der Waals surface area (Å²) in [5.41, 5.74) is 1.19. The van der Waals surface area contributed by atoms with Crippen molar-refractivity contribution >= 4 is 34.3 Å². The van der Waals surface area contributed by atoms with E-state index in [1.807, 2.05) is 18.0 Å². The van der Waals surface area contributed by atoms with Crippen molar-refractivity contribution in [2.45, 2.75) is 25.4 Å². The molecule has 0 unspecified atom stereocenters. The van der Waals surface area contributed by atoms with Crippen molar-refractivity contribution in [3.8, 4) is 11.5 Å². The highest BCUT2D eigenvalue weighted by Crippen LogP contribution is 2.40. The van der Waals surface area contributed by atoms with Gasteiger partial charge in [-0.05, 0) is 66.6 Å². The van der Waals surface area contributed by atoms with E-state index in [9.17, 15) is 4.79 Å². The minimum absolute atomic E-state index is 0. The third-order valence-electron chi connectivity index (χ3n) is 4.46. The van der Waals surface area contributed by atoms with Gasteiger partial charge in [-0.3, -0.25) is 14.6 Å². The number of halogens is 2. The van der Waals surface area contributed by atoms with Gasteiger partial charge >= 0.3 is 5.97 Å². The summed E-state index contributed by atoms with van der Waals surface area (Å²) in [5.74, 6) is 0.813. The molecule has 6 nitrogen and oxygen atoms in total. The van der Waals surface area contributed by atoms with E-state index in [1.54, 1.807) is 0 Å². The van der Waals surface area contributed by atoms with Gasteiger partial charge in [0.15, 0.2) is 11.5 Å². The van der Waals surface area contributed by atoms with Gasteiger partial charge in [-0.25, -0.2) is 0 Å². The average Bonchev–Trinajstić information content (AvgIpc) is 2.96. The standard InChI is InChI=1S/C16H21BrN2O4.ClH/c1-18(9-15(20)21)12-2-4-19(5-3-12)8-11-6-13(17)16-14(7-11)22-10-23-16;/h6-7,12H,2-5,8-10H2,1H3,(H,20,21);1H. The zero-order chi connectivity index (χ0) is 16.4. The number of likely N-dealkylation sites (N-methyl/N-ethyl adjacent to an activating group) is 1. The first-order chi connectivity index (χ1) is 11.0. The third kappa shape index (κ3) is 4.53. The molecule has 0 aromatic heterocycles. The van der Waals surface area contributed by atoms with Crippen molar-refractivity contribution in [3.05, 3.63) is 22.2 Å². The molecule has 1 N–H and O–H groups in total. The Balaban J connectivity index is 0.00000208. The molecular weight excluding hydrogens is 400 g/mol. The fourth-order valence-electron chi connectivity index (χ4n) is 3.23. The monoisotopic (exact) mass is 420 g/mol. The van der Waals surface area contributed by atoms with Crippen LogP contribution in [0.3, 0.4) is 0 Å². The molecular formula is C16H22BrClN2O4. The summed E-state index contributed by atoms with van der Waals surface area (Å²) in [6.07, 6.45) is 1.99. The summed E-state index contributed by atoms with van der Waals surface area (Å²) in [7, 11) is 1.89. The van der Waals surface area contributed by atoms with Gasteiger partial charge in [0.25, 0.3) is 0 Å². The second kappa shape index (κ2) is 8.38. The Labute approximate surface area is 156 Å². The lowest BCUT2D eigenvalue weighted by Crippen LogP contribution is -2.44. The number of carboxylic acids is 1. The number of piperidine rings is 1. The van der Waals surface area contributed by atoms with Gasteiger partial charge in [0.05, 0.1) is 11.0 Å². The fraction of sp³-hybridized carbons (Fsp3) is 0.562. The second-order valence-electron chi connectivity index (χ2n) is 6.13. The highest BCUT2D eigenvalue weighted by molar-refractivity contribution is 9.10. The summed E-state index contributed by atoms with van der Waals surface area (Å²) < 4.78 is 11.8. The summed E-state index contributed by atoms with van der Waals surface area (Å²) in [6.45, 7) is 3.20. The van der Waals surface area contributed by atoms with E-state index in [1.165, 1.54) is 5.56 Å². The number of ether oxygens (including phenoxy) is 2. The molecule has 0 bridgehead atoms. The molecule has 3 rings (SSSR count). The predicted octanol–water partition coefficient (Wildman–Crippen LogP) is 2.58. The molecule has 0 spiro atoms. The van der Waals surface area contributed by atoms with Crippen LogP contribution in [0.25, 0.3) is 0 Å². The molecule has 0 radical (unpaired) electrons. The lowest BCUT2D eigenvalue weighted by atomic mass is 10.0. The van der Waals surface area contributed by atoms with E-state index in [0.29, 0.717) is 6.04 Å². The lowest BCUT2D eigenvalue weighted by Gasteiger charge is -2.36. The Kier molecular flexibility index (Phi) is 6.74. The third-order valence-corrected chi connectivity index (χ3v) is 5.05. The molecule has 1 saturated heterocycles. The molecule has 0 atom stereocenters. The van der Waals surface area contributed by atoms with Crippen LogP contribution in [0.5, 0.6) is 11.5 Å². The minimum Gasteiger partial charge on any atom is -0.480 e. The van der Waals surface area contributed by atoms with Gasteiger partial charge < -0.3 is 14.6 Å². The number of aliphatic carboxylic acids is 1. The number of benzene rings is 1. The van der Waals surface area contributed by atoms with Crippen LogP contribution in [0.15, 0.2) is 16.6 Å². The predicted molar refractivity (Wildman–Crippen MR) is 96.1 cm³/mol. The first-order valence-corrected chi connectivity index (χ1v) is 8.54. The SMILES string of the molecule is CN(CC(=O)O)C1CCN(Cc2cc(Br)c3c(c2)OCO3)CC1.Cl. The number of fused-ring (bicyclic) bond motifs is 1. The minimum atomic E-state index is -0.764. The highest BCUT2D eigenvalue weighted by atomic mass is 79.9. The van der Waals surface area contributed by atoms with Crippen LogP contribution in [0, 0.1) is 0 Å². The van der Waals surface area contributed by atoms with Gasteiger partial charge in [0.2, 0.25) is 6.79 Å². The van der Waals surface area contributed by atoms with Crippen LogP contribution in [0.2, 0.25) is 0 Å². The highest BCUT2D eigenvalue weighted by Gasteiger charge is 2.24. The number of likely N-dealkylation sites (tertiary alicyclic amines) is 1. The van der Waals surface area contributed by atoms with E-state index in [2.05, 4.69) is 26.9 Å². The number of carbonyl (C=O) groups is 1. The van der Waals surface area contributed by atoms with Crippen molar-refractivity contribution in [1.29, 1.82) is 0 Å². The molecule has 2 aliphatic heterocycles. The van der Waals surface area contributed by atoms with Gasteiger partial charge in [0.1, 0.15) is 0 Å². The molecule has 1 aromatic carbocycles. The molecule has 8 heteroatoms. The van der Waals surface area contributed by atoms with Crippen molar-refractivity contribution in [3.63, 3.8) is 0 Å². The summed E-state index contributed by atoms with van der Waals surface area (Å²) in [6, 6.07) is 4.47. The van der Waals surface area contributed by atoms with Crippen molar-refractivity contribution in [2.75, 3.05) is 33.5 Å². The quantitative estimate of drug-likeness (QED) is 0.788. The fourth-order valence-corrected chi connectivity index (χ4v) is 3.83. The van der Waals surface area contributed by atoms with Crippen LogP contribution >= 0.6 is 28.3 Å². The Bertz CT molecular complexity index is 594. The van der Waals surface area contributed by atoms with E-state index in [-0.39, 0.29) is 25.7 Å². The molecule has 134 valence electrons. The van der Waals surface area contributed by atoms with Crippen LogP contribution in [0.4, 0.5) is 0 Å². The molecule has 1 aromatic rings. The van der Waals surface area contributed by atoms with E-state index in [0.717, 1.165) is 48.4 Å². The summed E-state index contributed by atoms with van der Waals surface area (Å²) in [4.78, 5) is 15.1. The average molecular weight is 422 g/mol. The number of rotatable bonds is 5. The maximum Gasteiger partial charge on any atom is 0.317 e. The number of nitrogens with zero attached hydrogens (tertiary/aromatic N) is 2. The Morgan fingerprint density at radius 2 is 2.08 bits per heavy atom. The Morgan fingerprint density at radius 1 is 1.38 bits per heavy atom. The first kappa shape index (κ1) is 19.3. The van der Waals surface area contributed by atoms with Crippen molar-refractivity contribution in [2.24, 2.45) is 0 Å². The maximum absolute atomic E-state index is 10.8. The molecule has 2 heterocycles. The van der Waals surface area contributed by atoms with Crippen LogP contribution in [-0.4, -0.2) is 60.4 Å². The van der Waals surface area contributed by atoms with Crippen LogP contribution < -0.4 is 9.47 Å². The molecule has 24 heavy (non-hydrogen) atoms. The molecule has 0 aliphatic carbocycles. The van der Waals surface area contributed by atoms with Crippen LogP contribution in [0.1, 0.15) is 18.4 Å². The maximum atomic E-state index is 10.8. The van der Waals surface area contributed by atoms with E-state index in [4.69, 9.17) is 14.6 Å². The number of hydrogen-bond donors (Lipinski definition) is 1. The molecule has 0 saturated carbocycles. The Morgan fingerprint density at radius 3 is 2.75 bits per heavy atom. The van der Waals surface area contributed by atoms with E-state index >= 15 is 0 Å². The molecule has 1 fully saturated rings. The van der Waals surface area contributed by atoms with Gasteiger partial charge in [-0.2, -0.15) is 0 Å². The molecule has 0 amide bonds. The number of carboxylic acid groups (broad SMARTS) is 1. The molecule has 2 aliphatic rings. The zero-order valence-electron chi connectivity index (χ0n) is 13.5. The normalized spacial score (nSPS) is 17.8. The van der Waals surface area contributed by atoms with E-state index < -0.39 is 5.97 Å². The second-order valence-corrected chi connectivity index (χ2v) is 6.98. The Hall–Kier alpha value is -1.02. The summed E-state index contributed by atoms with van der Waals surface area (Å²) >= 11 is 3.53. The largest absolute Gasteiger partial charge is 0.480 e. The first-order valence-electron chi connectivity index (χ1n) is 7.75. The van der Waals surface area contributed by atoms with Crippen LogP contribution in [-0.2, 0) is 11.3 Å². The van der Waals surface area contributed by atoms with Gasteiger partial charge in [0, 0.05) is 12.6 Å². The van der Waals surface area contributed by atoms with Gasteiger partial charge in [-0.15, -0.1) is 12.4 Å². The zero-order valence-corrected chi connectivity index (χ0v) is 15.9.